The van der Waals surface area contributed by atoms with E-state index in [-0.39, 0.29) is 23.8 Å². The number of aliphatic hydroxyl groups is 1. The zero-order valence-corrected chi connectivity index (χ0v) is 8.81. The van der Waals surface area contributed by atoms with Crippen molar-refractivity contribution in [3.05, 3.63) is 24.0 Å². The number of carbonyl (C=O) groups is 1. The van der Waals surface area contributed by atoms with Crippen molar-refractivity contribution >= 4 is 5.91 Å². The summed E-state index contributed by atoms with van der Waals surface area (Å²) in [5, 5.41) is 21.4. The number of aliphatic hydroxyl groups excluding tert-OH is 1. The summed E-state index contributed by atoms with van der Waals surface area (Å²) in [5.74, 6) is -0.513. The summed E-state index contributed by atoms with van der Waals surface area (Å²) >= 11 is 0. The summed E-state index contributed by atoms with van der Waals surface area (Å²) in [6, 6.07) is 1.45. The molecule has 1 aliphatic carbocycles. The van der Waals surface area contributed by atoms with Gasteiger partial charge in [0, 0.05) is 6.20 Å². The van der Waals surface area contributed by atoms with Crippen LogP contribution in [0.5, 0.6) is 5.75 Å². The van der Waals surface area contributed by atoms with E-state index < -0.39 is 5.54 Å². The van der Waals surface area contributed by atoms with Gasteiger partial charge in [-0.05, 0) is 25.3 Å². The highest BCUT2D eigenvalue weighted by Gasteiger charge is 2.38. The number of hydrogen-bond donors (Lipinski definition) is 3. The van der Waals surface area contributed by atoms with Crippen molar-refractivity contribution in [3.63, 3.8) is 0 Å². The Morgan fingerprint density at radius 1 is 1.56 bits per heavy atom. The Kier molecular flexibility index (Phi) is 2.78. The number of nitrogens with one attached hydrogen (secondary N) is 1. The fourth-order valence-electron chi connectivity index (χ4n) is 1.81. The maximum atomic E-state index is 11.8. The van der Waals surface area contributed by atoms with E-state index in [0.29, 0.717) is 0 Å². The van der Waals surface area contributed by atoms with Gasteiger partial charge < -0.3 is 15.5 Å². The Labute approximate surface area is 93.1 Å². The Morgan fingerprint density at radius 3 is 2.81 bits per heavy atom. The molecule has 86 valence electrons. The molecule has 16 heavy (non-hydrogen) atoms. The van der Waals surface area contributed by atoms with Crippen molar-refractivity contribution in [2.24, 2.45) is 0 Å². The molecular weight excluding hydrogens is 208 g/mol. The average molecular weight is 222 g/mol. The zero-order chi connectivity index (χ0) is 11.6. The first-order valence-electron chi connectivity index (χ1n) is 5.23. The second kappa shape index (κ2) is 4.09. The van der Waals surface area contributed by atoms with Gasteiger partial charge in [-0.15, -0.1) is 0 Å². The van der Waals surface area contributed by atoms with Crippen LogP contribution in [-0.2, 0) is 0 Å². The minimum atomic E-state index is -0.493. The van der Waals surface area contributed by atoms with Crippen LogP contribution in [0.2, 0.25) is 0 Å². The minimum Gasteiger partial charge on any atom is -0.505 e. The zero-order valence-electron chi connectivity index (χ0n) is 8.81. The molecule has 5 heteroatoms. The molecule has 0 aliphatic heterocycles. The summed E-state index contributed by atoms with van der Waals surface area (Å²) in [6.07, 6.45) is 5.23. The predicted octanol–water partition coefficient (Wildman–Crippen LogP) is 0.432. The molecular formula is C11H14N2O3. The van der Waals surface area contributed by atoms with Crippen LogP contribution < -0.4 is 5.32 Å². The molecule has 0 spiro atoms. The number of hydrogen-bond acceptors (Lipinski definition) is 4. The molecule has 1 fully saturated rings. The topological polar surface area (TPSA) is 82.5 Å². The number of amides is 1. The molecule has 0 unspecified atom stereocenters. The van der Waals surface area contributed by atoms with Gasteiger partial charge in [-0.1, -0.05) is 0 Å². The molecule has 1 saturated carbocycles. The number of pyridine rings is 1. The fourth-order valence-corrected chi connectivity index (χ4v) is 1.81. The van der Waals surface area contributed by atoms with Crippen LogP contribution in [0.15, 0.2) is 18.5 Å². The molecule has 1 aliphatic rings. The standard InChI is InChI=1S/C11H14N2O3/c14-7-11(3-1-4-11)13-10(16)8-2-5-12-6-9(8)15/h2,5-6,14-15H,1,3-4,7H2,(H,13,16). The monoisotopic (exact) mass is 222 g/mol. The van der Waals surface area contributed by atoms with E-state index in [1.807, 2.05) is 0 Å². The van der Waals surface area contributed by atoms with Gasteiger partial charge in [-0.2, -0.15) is 0 Å². The summed E-state index contributed by atoms with van der Waals surface area (Å²) in [7, 11) is 0. The van der Waals surface area contributed by atoms with Gasteiger partial charge in [-0.25, -0.2) is 0 Å². The van der Waals surface area contributed by atoms with Gasteiger partial charge in [0.25, 0.3) is 5.91 Å². The van der Waals surface area contributed by atoms with Crippen LogP contribution in [0.4, 0.5) is 0 Å². The van der Waals surface area contributed by atoms with Gasteiger partial charge in [0.1, 0.15) is 5.75 Å². The van der Waals surface area contributed by atoms with Crippen LogP contribution in [0.25, 0.3) is 0 Å². The summed E-state index contributed by atoms with van der Waals surface area (Å²) in [5.41, 5.74) is -0.304. The third kappa shape index (κ3) is 1.86. The number of aromatic hydroxyl groups is 1. The van der Waals surface area contributed by atoms with E-state index in [4.69, 9.17) is 0 Å². The number of rotatable bonds is 3. The lowest BCUT2D eigenvalue weighted by molar-refractivity contribution is 0.0639. The van der Waals surface area contributed by atoms with Crippen molar-refractivity contribution in [1.82, 2.24) is 10.3 Å². The third-order valence-corrected chi connectivity index (χ3v) is 3.04. The Balaban J connectivity index is 2.11. The van der Waals surface area contributed by atoms with Gasteiger partial charge in [0.05, 0.1) is 23.9 Å². The normalized spacial score (nSPS) is 17.6. The maximum Gasteiger partial charge on any atom is 0.255 e. The van der Waals surface area contributed by atoms with Gasteiger partial charge in [0.15, 0.2) is 0 Å². The average Bonchev–Trinajstić information content (AvgIpc) is 2.24. The van der Waals surface area contributed by atoms with Gasteiger partial charge in [-0.3, -0.25) is 9.78 Å². The van der Waals surface area contributed by atoms with Gasteiger partial charge in [0.2, 0.25) is 0 Å². The summed E-state index contributed by atoms with van der Waals surface area (Å²) < 4.78 is 0. The Morgan fingerprint density at radius 2 is 2.31 bits per heavy atom. The molecule has 0 bridgehead atoms. The minimum absolute atomic E-state index is 0.0649. The first kappa shape index (κ1) is 10.9. The fraction of sp³-hybridized carbons (Fsp3) is 0.455. The largest absolute Gasteiger partial charge is 0.505 e. The summed E-state index contributed by atoms with van der Waals surface area (Å²) in [6.45, 7) is -0.0649. The molecule has 0 saturated heterocycles. The quantitative estimate of drug-likeness (QED) is 0.692. The maximum absolute atomic E-state index is 11.8. The van der Waals surface area contributed by atoms with Crippen LogP contribution in [-0.4, -0.2) is 33.3 Å². The Bertz CT molecular complexity index is 396. The number of nitrogens with zero attached hydrogens (tertiary/aromatic N) is 1. The molecule has 1 aromatic heterocycles. The highest BCUT2D eigenvalue weighted by molar-refractivity contribution is 5.97. The molecule has 5 nitrogen and oxygen atoms in total. The van der Waals surface area contributed by atoms with Crippen LogP contribution >= 0.6 is 0 Å². The van der Waals surface area contributed by atoms with Crippen molar-refractivity contribution in [2.75, 3.05) is 6.61 Å². The van der Waals surface area contributed by atoms with Crippen molar-refractivity contribution in [3.8, 4) is 5.75 Å². The second-order valence-corrected chi connectivity index (χ2v) is 4.14. The predicted molar refractivity (Wildman–Crippen MR) is 57.0 cm³/mol. The second-order valence-electron chi connectivity index (χ2n) is 4.14. The van der Waals surface area contributed by atoms with Crippen LogP contribution in [0.1, 0.15) is 29.6 Å². The highest BCUT2D eigenvalue weighted by Crippen LogP contribution is 2.31. The molecule has 2 rings (SSSR count). The molecule has 0 atom stereocenters. The van der Waals surface area contributed by atoms with E-state index in [0.717, 1.165) is 19.3 Å². The molecule has 3 N–H and O–H groups in total. The SMILES string of the molecule is O=C(NC1(CO)CCC1)c1ccncc1O. The molecule has 1 aromatic rings. The van der Waals surface area contributed by atoms with E-state index in [2.05, 4.69) is 10.3 Å². The van der Waals surface area contributed by atoms with Crippen molar-refractivity contribution in [1.29, 1.82) is 0 Å². The Hall–Kier alpha value is -1.62. The van der Waals surface area contributed by atoms with E-state index >= 15 is 0 Å². The van der Waals surface area contributed by atoms with Crippen LogP contribution in [0.3, 0.4) is 0 Å². The smallest absolute Gasteiger partial charge is 0.255 e. The lowest BCUT2D eigenvalue weighted by Gasteiger charge is -2.40. The van der Waals surface area contributed by atoms with Crippen LogP contribution in [0, 0.1) is 0 Å². The molecule has 0 aromatic carbocycles. The highest BCUT2D eigenvalue weighted by atomic mass is 16.3. The number of carbonyl (C=O) groups excluding carboxylic acids is 1. The first-order valence-corrected chi connectivity index (χ1v) is 5.23. The van der Waals surface area contributed by atoms with Crippen molar-refractivity contribution in [2.45, 2.75) is 24.8 Å². The van der Waals surface area contributed by atoms with E-state index in [1.165, 1.54) is 18.5 Å². The van der Waals surface area contributed by atoms with Gasteiger partial charge >= 0.3 is 0 Å². The lowest BCUT2D eigenvalue weighted by atomic mass is 9.77. The lowest BCUT2D eigenvalue weighted by Crippen LogP contribution is -2.56. The molecule has 0 radical (unpaired) electrons. The number of aromatic nitrogens is 1. The first-order chi connectivity index (χ1) is 7.67. The molecule has 1 amide bonds. The summed E-state index contributed by atoms with van der Waals surface area (Å²) in [4.78, 5) is 15.5. The van der Waals surface area contributed by atoms with Crippen molar-refractivity contribution < 1.29 is 15.0 Å². The van der Waals surface area contributed by atoms with E-state index in [9.17, 15) is 15.0 Å². The third-order valence-electron chi connectivity index (χ3n) is 3.04. The van der Waals surface area contributed by atoms with E-state index in [1.54, 1.807) is 0 Å². The molecule has 1 heterocycles.